The Morgan fingerprint density at radius 3 is 2.19 bits per heavy atom. The number of rotatable bonds is 6. The average Bonchev–Trinajstić information content (AvgIpc) is 3.27. The summed E-state index contributed by atoms with van der Waals surface area (Å²) in [6.45, 7) is 1.08. The number of nitrogens with one attached hydrogen (secondary N) is 1. The first-order chi connectivity index (χ1) is 15.4. The smallest absolute Gasteiger partial charge is 0.246 e. The van der Waals surface area contributed by atoms with E-state index >= 15 is 0 Å². The van der Waals surface area contributed by atoms with Gasteiger partial charge in [-0.2, -0.15) is 4.31 Å². The lowest BCUT2D eigenvalue weighted by Gasteiger charge is -2.34. The molecular formula is C23H23Cl2N3O3S. The highest BCUT2D eigenvalue weighted by molar-refractivity contribution is 7.89. The van der Waals surface area contributed by atoms with Crippen molar-refractivity contribution >= 4 is 39.1 Å². The molecule has 0 aliphatic carbocycles. The van der Waals surface area contributed by atoms with Crippen LogP contribution in [0.5, 0.6) is 0 Å². The molecule has 1 N–H and O–H groups in total. The number of carbonyl (C=O) groups excluding carboxylic acids is 1. The van der Waals surface area contributed by atoms with Gasteiger partial charge >= 0.3 is 0 Å². The molecule has 0 radical (unpaired) electrons. The third kappa shape index (κ3) is 4.86. The van der Waals surface area contributed by atoms with Crippen LogP contribution < -0.4 is 0 Å². The fourth-order valence-corrected chi connectivity index (χ4v) is 6.32. The summed E-state index contributed by atoms with van der Waals surface area (Å²) in [7, 11) is -3.82. The highest BCUT2D eigenvalue weighted by atomic mass is 35.5. The molecule has 1 amide bonds. The fourth-order valence-electron chi connectivity index (χ4n) is 3.81. The number of aryl methyl sites for hydroxylation is 1. The van der Waals surface area contributed by atoms with Crippen LogP contribution >= 0.6 is 23.2 Å². The van der Waals surface area contributed by atoms with E-state index in [9.17, 15) is 13.2 Å². The second-order valence-electron chi connectivity index (χ2n) is 7.60. The molecule has 2 heterocycles. The predicted octanol–water partition coefficient (Wildman–Crippen LogP) is 4.45. The number of amides is 1. The van der Waals surface area contributed by atoms with Crippen LogP contribution in [0.1, 0.15) is 12.1 Å². The van der Waals surface area contributed by atoms with Crippen LogP contribution in [-0.2, 0) is 21.2 Å². The van der Waals surface area contributed by atoms with E-state index < -0.39 is 10.0 Å². The Balaban J connectivity index is 1.33. The van der Waals surface area contributed by atoms with Crippen LogP contribution in [0.25, 0.3) is 11.3 Å². The molecule has 4 rings (SSSR count). The van der Waals surface area contributed by atoms with Gasteiger partial charge < -0.3 is 9.88 Å². The van der Waals surface area contributed by atoms with Crippen molar-refractivity contribution < 1.29 is 13.2 Å². The largest absolute Gasteiger partial charge is 0.358 e. The second-order valence-corrected chi connectivity index (χ2v) is 10.3. The Bertz CT molecular complexity index is 1180. The van der Waals surface area contributed by atoms with Crippen molar-refractivity contribution in [2.24, 2.45) is 0 Å². The number of aromatic amines is 1. The van der Waals surface area contributed by atoms with Crippen molar-refractivity contribution in [2.75, 3.05) is 26.2 Å². The van der Waals surface area contributed by atoms with Crippen LogP contribution in [0.2, 0.25) is 10.0 Å². The van der Waals surface area contributed by atoms with Crippen LogP contribution in [0.15, 0.2) is 65.6 Å². The van der Waals surface area contributed by atoms with E-state index in [2.05, 4.69) is 4.98 Å². The van der Waals surface area contributed by atoms with Crippen molar-refractivity contribution in [3.8, 4) is 11.3 Å². The fraction of sp³-hybridized carbons (Fsp3) is 0.261. The number of sulfonamides is 1. The van der Waals surface area contributed by atoms with Crippen molar-refractivity contribution in [3.05, 3.63) is 76.4 Å². The summed E-state index contributed by atoms with van der Waals surface area (Å²) in [5, 5.41) is 0.189. The quantitative estimate of drug-likeness (QED) is 0.553. The Labute approximate surface area is 197 Å². The SMILES string of the molecule is O=C(CCc1ccc(-c2ccccc2)[nH]1)N1CCN(S(=O)(=O)c2c(Cl)cccc2Cl)CC1. The molecule has 168 valence electrons. The number of hydrogen-bond donors (Lipinski definition) is 1. The van der Waals surface area contributed by atoms with E-state index in [1.54, 1.807) is 11.0 Å². The lowest BCUT2D eigenvalue weighted by Crippen LogP contribution is -2.50. The maximum atomic E-state index is 13.0. The highest BCUT2D eigenvalue weighted by Crippen LogP contribution is 2.32. The molecular weight excluding hydrogens is 469 g/mol. The summed E-state index contributed by atoms with van der Waals surface area (Å²) in [4.78, 5) is 17.7. The summed E-state index contributed by atoms with van der Waals surface area (Å²) in [5.41, 5.74) is 3.11. The average molecular weight is 492 g/mol. The molecule has 6 nitrogen and oxygen atoms in total. The molecule has 1 aromatic heterocycles. The molecule has 1 fully saturated rings. The molecule has 3 aromatic rings. The minimum absolute atomic E-state index is 0.00804. The van der Waals surface area contributed by atoms with Gasteiger partial charge in [0.2, 0.25) is 15.9 Å². The van der Waals surface area contributed by atoms with Crippen LogP contribution in [0.3, 0.4) is 0 Å². The topological polar surface area (TPSA) is 73.5 Å². The Morgan fingerprint density at radius 2 is 1.53 bits per heavy atom. The van der Waals surface area contributed by atoms with Gasteiger partial charge in [0.25, 0.3) is 0 Å². The molecule has 32 heavy (non-hydrogen) atoms. The van der Waals surface area contributed by atoms with E-state index in [4.69, 9.17) is 23.2 Å². The van der Waals surface area contributed by atoms with Crippen LogP contribution in [-0.4, -0.2) is 54.7 Å². The zero-order valence-electron chi connectivity index (χ0n) is 17.3. The van der Waals surface area contributed by atoms with Gasteiger partial charge in [0.15, 0.2) is 0 Å². The lowest BCUT2D eigenvalue weighted by molar-refractivity contribution is -0.132. The molecule has 2 aromatic carbocycles. The Kier molecular flexibility index (Phi) is 6.90. The van der Waals surface area contributed by atoms with Gasteiger partial charge in [-0.25, -0.2) is 8.42 Å². The highest BCUT2D eigenvalue weighted by Gasteiger charge is 2.32. The summed E-state index contributed by atoms with van der Waals surface area (Å²) in [5.74, 6) is 0.00804. The minimum Gasteiger partial charge on any atom is -0.358 e. The summed E-state index contributed by atoms with van der Waals surface area (Å²) in [6, 6.07) is 18.6. The van der Waals surface area contributed by atoms with Gasteiger partial charge in [0.1, 0.15) is 4.90 Å². The van der Waals surface area contributed by atoms with Gasteiger partial charge in [-0.15, -0.1) is 0 Å². The number of piperazine rings is 1. The monoisotopic (exact) mass is 491 g/mol. The predicted molar refractivity (Wildman–Crippen MR) is 126 cm³/mol. The van der Waals surface area contributed by atoms with Crippen molar-refractivity contribution in [2.45, 2.75) is 17.7 Å². The minimum atomic E-state index is -3.82. The van der Waals surface area contributed by atoms with E-state index in [1.165, 1.54) is 16.4 Å². The maximum Gasteiger partial charge on any atom is 0.246 e. The Morgan fingerprint density at radius 1 is 0.875 bits per heavy atom. The summed E-state index contributed by atoms with van der Waals surface area (Å²) in [6.07, 6.45) is 0.956. The molecule has 0 atom stereocenters. The first-order valence-electron chi connectivity index (χ1n) is 10.3. The van der Waals surface area contributed by atoms with E-state index in [-0.39, 0.29) is 33.9 Å². The number of hydrogen-bond acceptors (Lipinski definition) is 3. The van der Waals surface area contributed by atoms with Crippen LogP contribution in [0.4, 0.5) is 0 Å². The summed E-state index contributed by atoms with van der Waals surface area (Å²) >= 11 is 12.2. The maximum absolute atomic E-state index is 13.0. The normalized spacial score (nSPS) is 15.1. The molecule has 0 bridgehead atoms. The zero-order chi connectivity index (χ0) is 22.7. The van der Waals surface area contributed by atoms with E-state index in [0.29, 0.717) is 25.9 Å². The molecule has 9 heteroatoms. The Hall–Kier alpha value is -2.32. The molecule has 1 saturated heterocycles. The van der Waals surface area contributed by atoms with Gasteiger partial charge in [-0.1, -0.05) is 59.6 Å². The molecule has 0 saturated carbocycles. The number of halogens is 2. The second kappa shape index (κ2) is 9.67. The third-order valence-electron chi connectivity index (χ3n) is 5.55. The number of H-pyrrole nitrogens is 1. The van der Waals surface area contributed by atoms with Crippen molar-refractivity contribution in [1.82, 2.24) is 14.2 Å². The molecule has 1 aliphatic rings. The molecule has 0 unspecified atom stereocenters. The number of nitrogens with zero attached hydrogens (tertiary/aromatic N) is 2. The van der Waals surface area contributed by atoms with Crippen molar-refractivity contribution in [3.63, 3.8) is 0 Å². The van der Waals surface area contributed by atoms with Crippen LogP contribution in [0, 0.1) is 0 Å². The van der Waals surface area contributed by atoms with Gasteiger partial charge in [-0.3, -0.25) is 4.79 Å². The van der Waals surface area contributed by atoms with Gasteiger partial charge in [-0.05, 0) is 36.2 Å². The third-order valence-corrected chi connectivity index (χ3v) is 8.40. The lowest BCUT2D eigenvalue weighted by atomic mass is 10.2. The number of carbonyl (C=O) groups is 1. The van der Waals surface area contributed by atoms with Gasteiger partial charge in [0.05, 0.1) is 10.0 Å². The van der Waals surface area contributed by atoms with E-state index in [0.717, 1.165) is 17.0 Å². The number of aromatic nitrogens is 1. The molecule has 1 aliphatic heterocycles. The van der Waals surface area contributed by atoms with E-state index in [1.807, 2.05) is 42.5 Å². The first-order valence-corrected chi connectivity index (χ1v) is 12.5. The standard InChI is InChI=1S/C23H23Cl2N3O3S/c24-19-7-4-8-20(25)23(19)32(30,31)28-15-13-27(14-16-28)22(29)12-10-18-9-11-21(26-18)17-5-2-1-3-6-17/h1-9,11,26H,10,12-16H2. The zero-order valence-corrected chi connectivity index (χ0v) is 19.6. The first kappa shape index (κ1) is 22.9. The molecule has 0 spiro atoms. The van der Waals surface area contributed by atoms with Gasteiger partial charge in [0, 0.05) is 44.0 Å². The van der Waals surface area contributed by atoms with Crippen molar-refractivity contribution in [1.29, 1.82) is 0 Å². The summed E-state index contributed by atoms with van der Waals surface area (Å²) < 4.78 is 27.3. The number of benzene rings is 2.